The molecule has 2 aromatic carbocycles. The van der Waals surface area contributed by atoms with E-state index in [-0.39, 0.29) is 0 Å². The van der Waals surface area contributed by atoms with E-state index in [4.69, 9.17) is 0 Å². The minimum atomic E-state index is -3.28. The molecular formula is C16H18O2S. The van der Waals surface area contributed by atoms with Crippen molar-refractivity contribution >= 4 is 9.84 Å². The summed E-state index contributed by atoms with van der Waals surface area (Å²) in [5, 5.41) is 0. The third-order valence-corrected chi connectivity index (χ3v) is 5.58. The van der Waals surface area contributed by atoms with Crippen LogP contribution in [0.3, 0.4) is 0 Å². The molecule has 0 aromatic heterocycles. The number of rotatable bonds is 2. The summed E-state index contributed by atoms with van der Waals surface area (Å²) in [4.78, 5) is 0.375. The lowest BCUT2D eigenvalue weighted by molar-refractivity contribution is 0.560. The van der Waals surface area contributed by atoms with Crippen LogP contribution >= 0.6 is 0 Å². The smallest absolute Gasteiger partial charge is 0.183 e. The van der Waals surface area contributed by atoms with E-state index in [1.54, 1.807) is 32.9 Å². The van der Waals surface area contributed by atoms with Crippen molar-refractivity contribution < 1.29 is 8.42 Å². The van der Waals surface area contributed by atoms with Crippen molar-refractivity contribution in [3.05, 3.63) is 54.6 Å². The van der Waals surface area contributed by atoms with E-state index in [0.29, 0.717) is 4.90 Å². The quantitative estimate of drug-likeness (QED) is 0.831. The van der Waals surface area contributed by atoms with Gasteiger partial charge in [0.2, 0.25) is 0 Å². The summed E-state index contributed by atoms with van der Waals surface area (Å²) < 4.78 is 23.8. The molecular weight excluding hydrogens is 256 g/mol. The van der Waals surface area contributed by atoms with Crippen LogP contribution in [0.1, 0.15) is 20.8 Å². The SMILES string of the molecule is CC(C)(C)S(=O)(=O)c1ccc(-c2ccccc2)cc1. The molecule has 0 aliphatic carbocycles. The van der Waals surface area contributed by atoms with Crippen molar-refractivity contribution in [1.29, 1.82) is 0 Å². The highest BCUT2D eigenvalue weighted by molar-refractivity contribution is 7.92. The highest BCUT2D eigenvalue weighted by atomic mass is 32.2. The molecule has 0 aliphatic heterocycles. The zero-order valence-corrected chi connectivity index (χ0v) is 12.2. The summed E-state index contributed by atoms with van der Waals surface area (Å²) in [7, 11) is -3.28. The second-order valence-corrected chi connectivity index (χ2v) is 8.21. The van der Waals surface area contributed by atoms with Crippen LogP contribution in [-0.4, -0.2) is 13.2 Å². The van der Waals surface area contributed by atoms with Gasteiger partial charge in [-0.3, -0.25) is 0 Å². The molecule has 0 aliphatic rings. The maximum Gasteiger partial charge on any atom is 0.183 e. The lowest BCUT2D eigenvalue weighted by Crippen LogP contribution is -2.27. The third kappa shape index (κ3) is 2.71. The Morgan fingerprint density at radius 3 is 1.68 bits per heavy atom. The molecule has 0 spiro atoms. The predicted molar refractivity (Wildman–Crippen MR) is 78.8 cm³/mol. The Kier molecular flexibility index (Phi) is 3.50. The average Bonchev–Trinajstić information content (AvgIpc) is 2.39. The van der Waals surface area contributed by atoms with E-state index in [0.717, 1.165) is 11.1 Å². The first kappa shape index (κ1) is 13.8. The van der Waals surface area contributed by atoms with Crippen molar-refractivity contribution in [3.8, 4) is 11.1 Å². The molecule has 100 valence electrons. The van der Waals surface area contributed by atoms with Crippen LogP contribution in [0.25, 0.3) is 11.1 Å². The van der Waals surface area contributed by atoms with E-state index in [2.05, 4.69) is 0 Å². The molecule has 0 amide bonds. The van der Waals surface area contributed by atoms with Gasteiger partial charge < -0.3 is 0 Å². The summed E-state index contributed by atoms with van der Waals surface area (Å²) >= 11 is 0. The van der Waals surface area contributed by atoms with Gasteiger partial charge in [-0.05, 0) is 44.0 Å². The molecule has 0 radical (unpaired) electrons. The van der Waals surface area contributed by atoms with Crippen molar-refractivity contribution in [2.45, 2.75) is 30.4 Å². The Bertz CT molecular complexity index is 648. The molecule has 0 N–H and O–H groups in total. The van der Waals surface area contributed by atoms with Gasteiger partial charge in [-0.15, -0.1) is 0 Å². The van der Waals surface area contributed by atoms with E-state index in [9.17, 15) is 8.42 Å². The van der Waals surface area contributed by atoms with E-state index >= 15 is 0 Å². The summed E-state index contributed by atoms with van der Waals surface area (Å²) in [5.74, 6) is 0. The minimum absolute atomic E-state index is 0.375. The Balaban J connectivity index is 2.40. The van der Waals surface area contributed by atoms with E-state index < -0.39 is 14.6 Å². The van der Waals surface area contributed by atoms with Crippen LogP contribution in [0.4, 0.5) is 0 Å². The standard InChI is InChI=1S/C16H18O2S/c1-16(2,3)19(17,18)15-11-9-14(10-12-15)13-7-5-4-6-8-13/h4-12H,1-3H3. The Hall–Kier alpha value is -1.61. The molecule has 2 rings (SSSR count). The van der Waals surface area contributed by atoms with Gasteiger partial charge in [0.1, 0.15) is 0 Å². The van der Waals surface area contributed by atoms with Gasteiger partial charge >= 0.3 is 0 Å². The van der Waals surface area contributed by atoms with Crippen molar-refractivity contribution in [3.63, 3.8) is 0 Å². The molecule has 0 fully saturated rings. The number of hydrogen-bond donors (Lipinski definition) is 0. The normalized spacial score (nSPS) is 12.4. The van der Waals surface area contributed by atoms with Gasteiger partial charge in [-0.25, -0.2) is 8.42 Å². The first-order valence-electron chi connectivity index (χ1n) is 6.22. The van der Waals surface area contributed by atoms with Gasteiger partial charge in [0.05, 0.1) is 9.64 Å². The number of sulfone groups is 1. The van der Waals surface area contributed by atoms with Gasteiger partial charge in [0.25, 0.3) is 0 Å². The predicted octanol–water partition coefficient (Wildman–Crippen LogP) is 3.93. The number of benzene rings is 2. The summed E-state index contributed by atoms with van der Waals surface area (Å²) in [6.45, 7) is 5.15. The van der Waals surface area contributed by atoms with Crippen molar-refractivity contribution in [2.75, 3.05) is 0 Å². The highest BCUT2D eigenvalue weighted by Gasteiger charge is 2.30. The Labute approximate surface area is 115 Å². The van der Waals surface area contributed by atoms with Gasteiger partial charge in [-0.2, -0.15) is 0 Å². The summed E-state index contributed by atoms with van der Waals surface area (Å²) in [5.41, 5.74) is 2.11. The fourth-order valence-electron chi connectivity index (χ4n) is 1.81. The minimum Gasteiger partial charge on any atom is -0.223 e. The fourth-order valence-corrected chi connectivity index (χ4v) is 3.01. The Morgan fingerprint density at radius 2 is 1.21 bits per heavy atom. The molecule has 19 heavy (non-hydrogen) atoms. The third-order valence-electron chi connectivity index (χ3n) is 3.08. The van der Waals surface area contributed by atoms with Gasteiger partial charge in [0, 0.05) is 0 Å². The van der Waals surface area contributed by atoms with Gasteiger partial charge in [-0.1, -0.05) is 42.5 Å². The van der Waals surface area contributed by atoms with Crippen LogP contribution < -0.4 is 0 Å². The molecule has 0 atom stereocenters. The van der Waals surface area contributed by atoms with Crippen LogP contribution in [-0.2, 0) is 9.84 Å². The molecule has 2 nitrogen and oxygen atoms in total. The molecule has 0 heterocycles. The first-order chi connectivity index (χ1) is 8.82. The second-order valence-electron chi connectivity index (χ2n) is 5.51. The van der Waals surface area contributed by atoms with Crippen LogP contribution in [0.15, 0.2) is 59.5 Å². The zero-order valence-electron chi connectivity index (χ0n) is 11.4. The van der Waals surface area contributed by atoms with Gasteiger partial charge in [0.15, 0.2) is 9.84 Å². The topological polar surface area (TPSA) is 34.1 Å². The largest absolute Gasteiger partial charge is 0.223 e. The molecule has 2 aromatic rings. The average molecular weight is 274 g/mol. The molecule has 0 bridgehead atoms. The van der Waals surface area contributed by atoms with E-state index in [1.165, 1.54) is 0 Å². The lowest BCUT2D eigenvalue weighted by Gasteiger charge is -2.19. The fraction of sp³-hybridized carbons (Fsp3) is 0.250. The van der Waals surface area contributed by atoms with Crippen LogP contribution in [0.5, 0.6) is 0 Å². The number of hydrogen-bond acceptors (Lipinski definition) is 2. The molecule has 0 unspecified atom stereocenters. The lowest BCUT2D eigenvalue weighted by atomic mass is 10.1. The zero-order chi connectivity index (χ0) is 14.1. The summed E-state index contributed by atoms with van der Waals surface area (Å²) in [6.07, 6.45) is 0. The highest BCUT2D eigenvalue weighted by Crippen LogP contribution is 2.27. The van der Waals surface area contributed by atoms with E-state index in [1.807, 2.05) is 42.5 Å². The summed E-state index contributed by atoms with van der Waals surface area (Å²) in [6, 6.07) is 17.0. The molecule has 0 saturated heterocycles. The second kappa shape index (κ2) is 4.82. The monoisotopic (exact) mass is 274 g/mol. The molecule has 3 heteroatoms. The van der Waals surface area contributed by atoms with Crippen molar-refractivity contribution in [2.24, 2.45) is 0 Å². The van der Waals surface area contributed by atoms with Crippen LogP contribution in [0.2, 0.25) is 0 Å². The first-order valence-corrected chi connectivity index (χ1v) is 7.71. The maximum atomic E-state index is 12.3. The molecule has 0 saturated carbocycles. The van der Waals surface area contributed by atoms with Crippen LogP contribution in [0, 0.1) is 0 Å². The Morgan fingerprint density at radius 1 is 0.737 bits per heavy atom. The maximum absolute atomic E-state index is 12.3. The van der Waals surface area contributed by atoms with Crippen molar-refractivity contribution in [1.82, 2.24) is 0 Å².